The van der Waals surface area contributed by atoms with Gasteiger partial charge in [0.05, 0.1) is 28.9 Å². The molecule has 9 nitrogen and oxygen atoms in total. The molecule has 4 rings (SSSR count). The number of carboxylic acids is 1. The summed E-state index contributed by atoms with van der Waals surface area (Å²) < 4.78 is 35.6. The standard InChI is InChI=1S/C28H25ClN4O5S/c1-28(2)9-10-33(24-7-4-3-6-22(24)28)39(36,37)26-13-20(21-17-32-19(16-31)12-18(21)15-30)23(29)14-25(26)38-11-5-8-27(34)35/h3-4,6-7,12-14,17H,5,8-11H2,1-2H3,(H,34,35). The number of rotatable bonds is 8. The van der Waals surface area contributed by atoms with Gasteiger partial charge in [-0.05, 0) is 42.0 Å². The van der Waals surface area contributed by atoms with Gasteiger partial charge in [-0.3, -0.25) is 9.10 Å². The Hall–Kier alpha value is -4.12. The Morgan fingerprint density at radius 2 is 1.92 bits per heavy atom. The molecule has 3 aromatic rings. The van der Waals surface area contributed by atoms with Gasteiger partial charge < -0.3 is 9.84 Å². The topological polar surface area (TPSA) is 144 Å². The zero-order valence-corrected chi connectivity index (χ0v) is 22.9. The molecule has 1 aliphatic rings. The number of sulfonamides is 1. The van der Waals surface area contributed by atoms with E-state index in [1.807, 2.05) is 24.3 Å². The van der Waals surface area contributed by atoms with Crippen molar-refractivity contribution in [3.8, 4) is 29.0 Å². The molecule has 0 unspecified atom stereocenters. The maximum absolute atomic E-state index is 14.3. The number of hydrogen-bond donors (Lipinski definition) is 1. The second-order valence-electron chi connectivity index (χ2n) is 9.69. The van der Waals surface area contributed by atoms with Gasteiger partial charge in [-0.25, -0.2) is 13.4 Å². The molecule has 0 aliphatic carbocycles. The van der Waals surface area contributed by atoms with Crippen LogP contribution in [0.25, 0.3) is 11.1 Å². The van der Waals surface area contributed by atoms with Crippen LogP contribution >= 0.6 is 11.6 Å². The third-order valence-electron chi connectivity index (χ3n) is 6.66. The number of aromatic nitrogens is 1. The van der Waals surface area contributed by atoms with E-state index in [-0.39, 0.29) is 69.5 Å². The summed E-state index contributed by atoms with van der Waals surface area (Å²) in [6, 6.07) is 15.2. The van der Waals surface area contributed by atoms with E-state index in [4.69, 9.17) is 21.4 Å². The number of ether oxygens (including phenoxy) is 1. The Morgan fingerprint density at radius 3 is 2.62 bits per heavy atom. The highest BCUT2D eigenvalue weighted by Gasteiger charge is 2.38. The van der Waals surface area contributed by atoms with Crippen molar-refractivity contribution in [1.82, 2.24) is 4.98 Å². The molecule has 39 heavy (non-hydrogen) atoms. The Labute approximate surface area is 231 Å². The molecule has 200 valence electrons. The van der Waals surface area contributed by atoms with Gasteiger partial charge in [-0.1, -0.05) is 43.6 Å². The minimum Gasteiger partial charge on any atom is -0.492 e. The largest absolute Gasteiger partial charge is 0.492 e. The second kappa shape index (κ2) is 10.9. The summed E-state index contributed by atoms with van der Waals surface area (Å²) in [4.78, 5) is 14.8. The fourth-order valence-corrected chi connectivity index (χ4v) is 6.43. The third-order valence-corrected chi connectivity index (χ3v) is 8.81. The fourth-order valence-electron chi connectivity index (χ4n) is 4.55. The second-order valence-corrected chi connectivity index (χ2v) is 11.9. The van der Waals surface area contributed by atoms with Crippen LogP contribution in [0.5, 0.6) is 5.75 Å². The number of halogens is 1. The molecule has 1 aliphatic heterocycles. The predicted octanol–water partition coefficient (Wildman–Crippen LogP) is 5.27. The molecule has 0 saturated heterocycles. The monoisotopic (exact) mass is 564 g/mol. The van der Waals surface area contributed by atoms with Gasteiger partial charge in [0.2, 0.25) is 0 Å². The quantitative estimate of drug-likeness (QED) is 0.364. The van der Waals surface area contributed by atoms with E-state index in [1.165, 1.54) is 28.7 Å². The number of hydrogen-bond acceptors (Lipinski definition) is 7. The van der Waals surface area contributed by atoms with Crippen molar-refractivity contribution in [2.24, 2.45) is 0 Å². The van der Waals surface area contributed by atoms with Crippen molar-refractivity contribution in [2.45, 2.75) is 43.4 Å². The Morgan fingerprint density at radius 1 is 1.18 bits per heavy atom. The number of fused-ring (bicyclic) bond motifs is 1. The van der Waals surface area contributed by atoms with Gasteiger partial charge in [0, 0.05) is 36.4 Å². The molecule has 0 bridgehead atoms. The normalized spacial score (nSPS) is 14.1. The molecule has 0 radical (unpaired) electrons. The maximum atomic E-state index is 14.3. The number of anilines is 1. The smallest absolute Gasteiger partial charge is 0.303 e. The van der Waals surface area contributed by atoms with E-state index in [2.05, 4.69) is 18.8 Å². The predicted molar refractivity (Wildman–Crippen MR) is 145 cm³/mol. The van der Waals surface area contributed by atoms with Crippen LogP contribution in [0.2, 0.25) is 5.02 Å². The zero-order valence-electron chi connectivity index (χ0n) is 21.3. The van der Waals surface area contributed by atoms with E-state index in [9.17, 15) is 23.7 Å². The van der Waals surface area contributed by atoms with Crippen molar-refractivity contribution >= 4 is 33.3 Å². The van der Waals surface area contributed by atoms with Crippen LogP contribution in [0.15, 0.2) is 53.6 Å². The first kappa shape index (κ1) is 27.9. The first-order chi connectivity index (χ1) is 18.5. The van der Waals surface area contributed by atoms with Gasteiger partial charge in [0.25, 0.3) is 10.0 Å². The van der Waals surface area contributed by atoms with E-state index < -0.39 is 16.0 Å². The van der Waals surface area contributed by atoms with Crippen molar-refractivity contribution in [1.29, 1.82) is 10.5 Å². The first-order valence-electron chi connectivity index (χ1n) is 12.1. The summed E-state index contributed by atoms with van der Waals surface area (Å²) >= 11 is 6.57. The third kappa shape index (κ3) is 5.53. The summed E-state index contributed by atoms with van der Waals surface area (Å²) in [5.41, 5.74) is 1.83. The van der Waals surface area contributed by atoms with Gasteiger partial charge in [0.15, 0.2) is 0 Å². The highest BCUT2D eigenvalue weighted by Crippen LogP contribution is 2.44. The molecule has 2 heterocycles. The van der Waals surface area contributed by atoms with Gasteiger partial charge >= 0.3 is 5.97 Å². The SMILES string of the molecule is CC1(C)CCN(S(=O)(=O)c2cc(-c3cnc(C#N)cc3C#N)c(Cl)cc2OCCCC(=O)O)c2ccccc21. The Bertz CT molecular complexity index is 1640. The highest BCUT2D eigenvalue weighted by atomic mass is 35.5. The van der Waals surface area contributed by atoms with Crippen LogP contribution in [-0.4, -0.2) is 37.6 Å². The fraction of sp³-hybridized carbons (Fsp3) is 0.286. The van der Waals surface area contributed by atoms with E-state index in [0.717, 1.165) is 5.56 Å². The lowest BCUT2D eigenvalue weighted by Gasteiger charge is -2.39. The van der Waals surface area contributed by atoms with Crippen molar-refractivity contribution < 1.29 is 23.1 Å². The minimum atomic E-state index is -4.21. The summed E-state index contributed by atoms with van der Waals surface area (Å²) in [5.74, 6) is -1.03. The lowest BCUT2D eigenvalue weighted by atomic mass is 9.78. The Balaban J connectivity index is 1.88. The molecule has 0 atom stereocenters. The van der Waals surface area contributed by atoms with Crippen LogP contribution in [0, 0.1) is 22.7 Å². The molecule has 0 saturated carbocycles. The van der Waals surface area contributed by atoms with Crippen LogP contribution in [0.1, 0.15) is 49.9 Å². The summed E-state index contributed by atoms with van der Waals surface area (Å²) in [6.07, 6.45) is 1.90. The molecule has 0 spiro atoms. The number of aliphatic carboxylic acids is 1. The average molecular weight is 565 g/mol. The van der Waals surface area contributed by atoms with Crippen molar-refractivity contribution in [2.75, 3.05) is 17.5 Å². The molecular formula is C28H25ClN4O5S. The van der Waals surface area contributed by atoms with Crippen LogP contribution in [0.4, 0.5) is 5.69 Å². The lowest BCUT2D eigenvalue weighted by molar-refractivity contribution is -0.137. The van der Waals surface area contributed by atoms with Crippen LogP contribution in [0.3, 0.4) is 0 Å². The lowest BCUT2D eigenvalue weighted by Crippen LogP contribution is -2.41. The maximum Gasteiger partial charge on any atom is 0.303 e. The van der Waals surface area contributed by atoms with E-state index in [0.29, 0.717) is 12.1 Å². The highest BCUT2D eigenvalue weighted by molar-refractivity contribution is 7.93. The van der Waals surface area contributed by atoms with E-state index >= 15 is 0 Å². The van der Waals surface area contributed by atoms with Crippen molar-refractivity contribution in [3.63, 3.8) is 0 Å². The molecule has 0 amide bonds. The van der Waals surface area contributed by atoms with Gasteiger partial charge in [0.1, 0.15) is 22.4 Å². The summed E-state index contributed by atoms with van der Waals surface area (Å²) in [6.45, 7) is 4.31. The molecule has 0 fully saturated rings. The number of para-hydroxylation sites is 1. The number of pyridine rings is 1. The van der Waals surface area contributed by atoms with Gasteiger partial charge in [-0.2, -0.15) is 10.5 Å². The Kier molecular flexibility index (Phi) is 7.82. The van der Waals surface area contributed by atoms with Crippen molar-refractivity contribution in [3.05, 3.63) is 70.5 Å². The van der Waals surface area contributed by atoms with E-state index in [1.54, 1.807) is 12.1 Å². The molecule has 1 aromatic heterocycles. The molecule has 2 aromatic carbocycles. The van der Waals surface area contributed by atoms with Gasteiger partial charge in [-0.15, -0.1) is 0 Å². The summed E-state index contributed by atoms with van der Waals surface area (Å²) in [5, 5.41) is 27.9. The number of nitrogens with zero attached hydrogens (tertiary/aromatic N) is 4. The molecule has 1 N–H and O–H groups in total. The minimum absolute atomic E-state index is 0.0310. The zero-order chi connectivity index (χ0) is 28.4. The number of nitriles is 2. The number of carboxylic acid groups (broad SMARTS) is 1. The molecular weight excluding hydrogens is 540 g/mol. The van der Waals surface area contributed by atoms with Crippen LogP contribution < -0.4 is 9.04 Å². The average Bonchev–Trinajstić information content (AvgIpc) is 2.90. The summed E-state index contributed by atoms with van der Waals surface area (Å²) in [7, 11) is -4.21. The molecule has 11 heteroatoms. The van der Waals surface area contributed by atoms with Crippen LogP contribution in [-0.2, 0) is 20.2 Å². The first-order valence-corrected chi connectivity index (χ1v) is 13.9. The number of carbonyl (C=O) groups is 1. The number of benzene rings is 2.